The fourth-order valence-corrected chi connectivity index (χ4v) is 3.74. The van der Waals surface area contributed by atoms with Gasteiger partial charge in [-0.25, -0.2) is 9.67 Å². The lowest BCUT2D eigenvalue weighted by Crippen LogP contribution is -2.15. The second-order valence-corrected chi connectivity index (χ2v) is 8.03. The van der Waals surface area contributed by atoms with Gasteiger partial charge in [0.15, 0.2) is 0 Å². The maximum Gasteiger partial charge on any atom is 0.228 e. The fourth-order valence-electron chi connectivity index (χ4n) is 2.56. The molecule has 0 aliphatic rings. The number of nitrogens with one attached hydrogen (secondary N) is 1. The van der Waals surface area contributed by atoms with Crippen LogP contribution in [0.3, 0.4) is 0 Å². The molecule has 25 heavy (non-hydrogen) atoms. The Morgan fingerprint density at radius 2 is 1.84 bits per heavy atom. The highest BCUT2D eigenvalue weighted by molar-refractivity contribution is 9.10. The number of amides is 1. The van der Waals surface area contributed by atoms with E-state index in [0.29, 0.717) is 0 Å². The molecule has 0 aliphatic carbocycles. The van der Waals surface area contributed by atoms with Crippen LogP contribution in [-0.2, 0) is 11.2 Å². The molecular weight excluding hydrogens is 400 g/mol. The highest BCUT2D eigenvalue weighted by atomic mass is 79.9. The molecule has 1 aromatic carbocycles. The molecule has 0 saturated heterocycles. The standard InChI is InChI=1S/C18H19BrN4OS/c1-10-13(4)25-18(20-10)23-12(3)16(11(2)22-23)9-17(24)21-15-7-5-14(19)6-8-15/h5-8H,9H2,1-4H3,(H,21,24). The summed E-state index contributed by atoms with van der Waals surface area (Å²) in [5.41, 5.74) is 4.55. The van der Waals surface area contributed by atoms with E-state index in [9.17, 15) is 4.79 Å². The molecule has 2 aromatic heterocycles. The molecule has 3 rings (SSSR count). The largest absolute Gasteiger partial charge is 0.326 e. The maximum absolute atomic E-state index is 12.4. The van der Waals surface area contributed by atoms with Gasteiger partial charge < -0.3 is 5.32 Å². The first-order chi connectivity index (χ1) is 11.8. The molecule has 130 valence electrons. The number of carbonyl (C=O) groups is 1. The van der Waals surface area contributed by atoms with Crippen LogP contribution in [0.15, 0.2) is 28.7 Å². The average Bonchev–Trinajstić information content (AvgIpc) is 3.03. The van der Waals surface area contributed by atoms with E-state index in [1.807, 2.05) is 49.7 Å². The zero-order valence-electron chi connectivity index (χ0n) is 14.6. The van der Waals surface area contributed by atoms with Crippen LogP contribution in [0.5, 0.6) is 0 Å². The summed E-state index contributed by atoms with van der Waals surface area (Å²) < 4.78 is 2.81. The van der Waals surface area contributed by atoms with Crippen molar-refractivity contribution in [2.24, 2.45) is 0 Å². The average molecular weight is 419 g/mol. The molecule has 0 atom stereocenters. The van der Waals surface area contributed by atoms with E-state index >= 15 is 0 Å². The molecule has 0 saturated carbocycles. The molecule has 2 heterocycles. The van der Waals surface area contributed by atoms with Gasteiger partial charge in [0.05, 0.1) is 17.8 Å². The van der Waals surface area contributed by atoms with Gasteiger partial charge in [0.1, 0.15) is 0 Å². The van der Waals surface area contributed by atoms with E-state index in [-0.39, 0.29) is 12.3 Å². The van der Waals surface area contributed by atoms with Gasteiger partial charge in [-0.1, -0.05) is 27.3 Å². The van der Waals surface area contributed by atoms with E-state index in [1.165, 1.54) is 4.88 Å². The second-order valence-electron chi connectivity index (χ2n) is 5.93. The third-order valence-electron chi connectivity index (χ3n) is 4.10. The van der Waals surface area contributed by atoms with Gasteiger partial charge in [0, 0.05) is 26.3 Å². The predicted molar refractivity (Wildman–Crippen MR) is 105 cm³/mol. The SMILES string of the molecule is Cc1nc(-n2nc(C)c(CC(=O)Nc3ccc(Br)cc3)c2C)sc1C. The third kappa shape index (κ3) is 3.82. The Labute approximate surface area is 159 Å². The number of carbonyl (C=O) groups excluding carboxylic acids is 1. The van der Waals surface area contributed by atoms with Gasteiger partial charge in [0.2, 0.25) is 11.0 Å². The quantitative estimate of drug-likeness (QED) is 0.677. The Hall–Kier alpha value is -1.99. The number of hydrogen-bond acceptors (Lipinski definition) is 4. The van der Waals surface area contributed by atoms with Gasteiger partial charge >= 0.3 is 0 Å². The molecule has 1 amide bonds. The van der Waals surface area contributed by atoms with Crippen molar-refractivity contribution in [3.63, 3.8) is 0 Å². The van der Waals surface area contributed by atoms with E-state index in [4.69, 9.17) is 0 Å². The molecule has 0 spiro atoms. The summed E-state index contributed by atoms with van der Waals surface area (Å²) in [5, 5.41) is 8.35. The van der Waals surface area contributed by atoms with Crippen LogP contribution in [0.1, 0.15) is 27.5 Å². The molecule has 0 radical (unpaired) electrons. The summed E-state index contributed by atoms with van der Waals surface area (Å²) in [4.78, 5) is 18.1. The van der Waals surface area contributed by atoms with Crippen molar-refractivity contribution in [2.45, 2.75) is 34.1 Å². The highest BCUT2D eigenvalue weighted by Gasteiger charge is 2.18. The first-order valence-corrected chi connectivity index (χ1v) is 9.51. The van der Waals surface area contributed by atoms with E-state index in [1.54, 1.807) is 11.3 Å². The Bertz CT molecular complexity index is 908. The maximum atomic E-state index is 12.4. The second kappa shape index (κ2) is 7.09. The van der Waals surface area contributed by atoms with Gasteiger partial charge in [-0.05, 0) is 52.0 Å². The summed E-state index contributed by atoms with van der Waals surface area (Å²) in [6.45, 7) is 7.95. The summed E-state index contributed by atoms with van der Waals surface area (Å²) in [5.74, 6) is -0.0560. The van der Waals surface area contributed by atoms with E-state index in [2.05, 4.69) is 38.3 Å². The van der Waals surface area contributed by atoms with Crippen LogP contribution >= 0.6 is 27.3 Å². The molecule has 3 aromatic rings. The van der Waals surface area contributed by atoms with Crippen molar-refractivity contribution in [3.05, 3.63) is 56.3 Å². The van der Waals surface area contributed by atoms with Gasteiger partial charge in [-0.15, -0.1) is 0 Å². The topological polar surface area (TPSA) is 59.8 Å². The number of halogens is 1. The van der Waals surface area contributed by atoms with Gasteiger partial charge in [0.25, 0.3) is 0 Å². The predicted octanol–water partition coefficient (Wildman–Crippen LogP) is 4.51. The van der Waals surface area contributed by atoms with Crippen molar-refractivity contribution in [1.29, 1.82) is 0 Å². The van der Waals surface area contributed by atoms with Crippen molar-refractivity contribution in [2.75, 3.05) is 5.32 Å². The van der Waals surface area contributed by atoms with Crippen LogP contribution in [0.4, 0.5) is 5.69 Å². The third-order valence-corrected chi connectivity index (χ3v) is 5.68. The lowest BCUT2D eigenvalue weighted by atomic mass is 10.1. The molecule has 0 unspecified atom stereocenters. The number of aryl methyl sites for hydroxylation is 3. The number of nitrogens with zero attached hydrogens (tertiary/aromatic N) is 3. The molecule has 1 N–H and O–H groups in total. The summed E-state index contributed by atoms with van der Waals surface area (Å²) in [7, 11) is 0. The fraction of sp³-hybridized carbons (Fsp3) is 0.278. The number of hydrogen-bond donors (Lipinski definition) is 1. The number of anilines is 1. The molecule has 0 fully saturated rings. The first-order valence-electron chi connectivity index (χ1n) is 7.90. The van der Waals surface area contributed by atoms with E-state index in [0.717, 1.165) is 37.9 Å². The van der Waals surface area contributed by atoms with Crippen molar-refractivity contribution >= 4 is 38.9 Å². The Morgan fingerprint density at radius 3 is 2.44 bits per heavy atom. The summed E-state index contributed by atoms with van der Waals surface area (Å²) in [6.07, 6.45) is 0.289. The first kappa shape index (κ1) is 17.8. The Morgan fingerprint density at radius 1 is 1.16 bits per heavy atom. The van der Waals surface area contributed by atoms with Crippen LogP contribution in [0.2, 0.25) is 0 Å². The van der Waals surface area contributed by atoms with E-state index < -0.39 is 0 Å². The zero-order valence-corrected chi connectivity index (χ0v) is 17.0. The molecule has 0 bridgehead atoms. The highest BCUT2D eigenvalue weighted by Crippen LogP contribution is 2.24. The monoisotopic (exact) mass is 418 g/mol. The minimum atomic E-state index is -0.0560. The van der Waals surface area contributed by atoms with Crippen LogP contribution < -0.4 is 5.32 Å². The van der Waals surface area contributed by atoms with Crippen molar-refractivity contribution < 1.29 is 4.79 Å². The van der Waals surface area contributed by atoms with Crippen molar-refractivity contribution in [3.8, 4) is 5.13 Å². The zero-order chi connectivity index (χ0) is 18.1. The van der Waals surface area contributed by atoms with Crippen LogP contribution in [-0.4, -0.2) is 20.7 Å². The van der Waals surface area contributed by atoms with Crippen LogP contribution in [0.25, 0.3) is 5.13 Å². The van der Waals surface area contributed by atoms with Crippen molar-refractivity contribution in [1.82, 2.24) is 14.8 Å². The molecule has 0 aliphatic heterocycles. The number of aromatic nitrogens is 3. The number of thiazole rings is 1. The minimum absolute atomic E-state index is 0.0560. The van der Waals surface area contributed by atoms with Crippen LogP contribution in [0, 0.1) is 27.7 Å². The lowest BCUT2D eigenvalue weighted by Gasteiger charge is -2.06. The minimum Gasteiger partial charge on any atom is -0.326 e. The number of benzene rings is 1. The summed E-state index contributed by atoms with van der Waals surface area (Å²) in [6, 6.07) is 7.53. The van der Waals surface area contributed by atoms with Gasteiger partial charge in [-0.2, -0.15) is 5.10 Å². The number of rotatable bonds is 4. The Balaban J connectivity index is 1.80. The summed E-state index contributed by atoms with van der Waals surface area (Å²) >= 11 is 5.00. The molecule has 7 heteroatoms. The smallest absolute Gasteiger partial charge is 0.228 e. The normalized spacial score (nSPS) is 10.9. The molecular formula is C18H19BrN4OS. The molecule has 5 nitrogen and oxygen atoms in total. The van der Waals surface area contributed by atoms with Gasteiger partial charge in [-0.3, -0.25) is 4.79 Å². The Kier molecular flexibility index (Phi) is 5.06. The lowest BCUT2D eigenvalue weighted by molar-refractivity contribution is -0.115.